The van der Waals surface area contributed by atoms with Crippen molar-refractivity contribution in [2.75, 3.05) is 18.9 Å². The lowest BCUT2D eigenvalue weighted by Gasteiger charge is -2.24. The Labute approximate surface area is 101 Å². The van der Waals surface area contributed by atoms with Crippen molar-refractivity contribution in [2.24, 2.45) is 0 Å². The highest BCUT2D eigenvalue weighted by atomic mass is 15.2. The van der Waals surface area contributed by atoms with Crippen molar-refractivity contribution in [3.63, 3.8) is 0 Å². The minimum absolute atomic E-state index is 0.427. The molecular formula is C12H17N5. The van der Waals surface area contributed by atoms with Gasteiger partial charge in [0.15, 0.2) is 5.82 Å². The summed E-state index contributed by atoms with van der Waals surface area (Å²) in [5.41, 5.74) is 0.543. The van der Waals surface area contributed by atoms with E-state index in [2.05, 4.69) is 40.5 Å². The number of nitrogens with zero attached hydrogens (tertiary/aromatic N) is 4. The van der Waals surface area contributed by atoms with Gasteiger partial charge in [-0.3, -0.25) is 4.90 Å². The predicted molar refractivity (Wildman–Crippen MR) is 65.5 cm³/mol. The van der Waals surface area contributed by atoms with Crippen LogP contribution in [0.1, 0.15) is 25.3 Å². The number of nitriles is 1. The third kappa shape index (κ3) is 2.92. The minimum Gasteiger partial charge on any atom is -0.366 e. The van der Waals surface area contributed by atoms with Crippen LogP contribution in [0.25, 0.3) is 0 Å². The van der Waals surface area contributed by atoms with Crippen LogP contribution in [0, 0.1) is 11.3 Å². The summed E-state index contributed by atoms with van der Waals surface area (Å²) in [4.78, 5) is 2.37. The van der Waals surface area contributed by atoms with Crippen LogP contribution in [0.4, 0.5) is 5.82 Å². The Morgan fingerprint density at radius 3 is 3.06 bits per heavy atom. The number of aromatic nitrogens is 2. The van der Waals surface area contributed by atoms with Gasteiger partial charge < -0.3 is 5.32 Å². The molecule has 0 aliphatic heterocycles. The maximum absolute atomic E-state index is 8.92. The van der Waals surface area contributed by atoms with Crippen molar-refractivity contribution in [1.82, 2.24) is 15.1 Å². The van der Waals surface area contributed by atoms with Crippen molar-refractivity contribution in [1.29, 1.82) is 5.26 Å². The van der Waals surface area contributed by atoms with E-state index < -0.39 is 0 Å². The van der Waals surface area contributed by atoms with Crippen molar-refractivity contribution in [2.45, 2.75) is 31.8 Å². The number of hydrogen-bond acceptors (Lipinski definition) is 5. The monoisotopic (exact) mass is 231 g/mol. The van der Waals surface area contributed by atoms with Crippen LogP contribution in [0.3, 0.4) is 0 Å². The molecule has 1 unspecified atom stereocenters. The van der Waals surface area contributed by atoms with Crippen LogP contribution in [-0.4, -0.2) is 40.8 Å². The second kappa shape index (κ2) is 5.11. The first-order chi connectivity index (χ1) is 8.22. The fourth-order valence-corrected chi connectivity index (χ4v) is 1.78. The van der Waals surface area contributed by atoms with E-state index >= 15 is 0 Å². The first-order valence-corrected chi connectivity index (χ1v) is 5.90. The number of anilines is 1. The average Bonchev–Trinajstić information content (AvgIpc) is 3.19. The number of hydrogen-bond donors (Lipinski definition) is 1. The second-order valence-corrected chi connectivity index (χ2v) is 4.53. The molecule has 0 spiro atoms. The van der Waals surface area contributed by atoms with Gasteiger partial charge >= 0.3 is 0 Å². The van der Waals surface area contributed by atoms with Crippen molar-refractivity contribution in [3.05, 3.63) is 17.8 Å². The van der Waals surface area contributed by atoms with E-state index in [9.17, 15) is 0 Å². The molecule has 2 rings (SSSR count). The molecule has 0 aromatic carbocycles. The highest BCUT2D eigenvalue weighted by Gasteiger charge is 2.28. The molecule has 1 N–H and O–H groups in total. The Kier molecular flexibility index (Phi) is 3.55. The summed E-state index contributed by atoms with van der Waals surface area (Å²) in [5, 5.41) is 19.8. The standard InChI is InChI=1S/C12H17N5/c1-9(17(2)11-3-4-11)8-14-12-10(7-13)5-6-15-16-12/h5-6,9,11H,3-4,8H2,1-2H3,(H,14,16). The van der Waals surface area contributed by atoms with Crippen LogP contribution in [0.2, 0.25) is 0 Å². The fourth-order valence-electron chi connectivity index (χ4n) is 1.78. The normalized spacial score (nSPS) is 16.6. The summed E-state index contributed by atoms with van der Waals surface area (Å²) in [7, 11) is 2.14. The zero-order chi connectivity index (χ0) is 12.3. The molecule has 0 saturated heterocycles. The van der Waals surface area contributed by atoms with Crippen LogP contribution < -0.4 is 5.32 Å². The molecule has 1 fully saturated rings. The third-order valence-electron chi connectivity index (χ3n) is 3.22. The number of likely N-dealkylation sites (N-methyl/N-ethyl adjacent to an activating group) is 1. The van der Waals surface area contributed by atoms with Gasteiger partial charge in [-0.2, -0.15) is 10.4 Å². The quantitative estimate of drug-likeness (QED) is 0.826. The van der Waals surface area contributed by atoms with Crippen molar-refractivity contribution >= 4 is 5.82 Å². The minimum atomic E-state index is 0.427. The second-order valence-electron chi connectivity index (χ2n) is 4.53. The van der Waals surface area contributed by atoms with Crippen molar-refractivity contribution in [3.8, 4) is 6.07 Å². The Bertz CT molecular complexity index is 421. The zero-order valence-electron chi connectivity index (χ0n) is 10.2. The molecule has 0 amide bonds. The first kappa shape index (κ1) is 11.8. The molecule has 0 bridgehead atoms. The van der Waals surface area contributed by atoms with E-state index in [1.165, 1.54) is 19.0 Å². The summed E-state index contributed by atoms with van der Waals surface area (Å²) in [6.45, 7) is 2.95. The molecule has 5 heteroatoms. The molecule has 1 aromatic heterocycles. The summed E-state index contributed by atoms with van der Waals surface area (Å²) < 4.78 is 0. The van der Waals surface area contributed by atoms with Gasteiger partial charge in [-0.15, -0.1) is 5.10 Å². The number of nitrogens with one attached hydrogen (secondary N) is 1. The Morgan fingerprint density at radius 1 is 1.65 bits per heavy atom. The van der Waals surface area contributed by atoms with Crippen LogP contribution in [0.5, 0.6) is 0 Å². The van der Waals surface area contributed by atoms with E-state index in [1.54, 1.807) is 6.07 Å². The molecule has 17 heavy (non-hydrogen) atoms. The molecule has 1 aliphatic rings. The number of rotatable bonds is 5. The maximum Gasteiger partial charge on any atom is 0.166 e. The lowest BCUT2D eigenvalue weighted by atomic mass is 10.2. The van der Waals surface area contributed by atoms with E-state index in [-0.39, 0.29) is 0 Å². The lowest BCUT2D eigenvalue weighted by Crippen LogP contribution is -2.36. The molecule has 1 atom stereocenters. The van der Waals surface area contributed by atoms with Gasteiger partial charge in [0.05, 0.1) is 11.8 Å². The fraction of sp³-hybridized carbons (Fsp3) is 0.583. The molecule has 1 saturated carbocycles. The molecular weight excluding hydrogens is 214 g/mol. The predicted octanol–water partition coefficient (Wildman–Crippen LogP) is 1.24. The van der Waals surface area contributed by atoms with Crippen LogP contribution >= 0.6 is 0 Å². The van der Waals surface area contributed by atoms with Gasteiger partial charge in [0.25, 0.3) is 0 Å². The molecule has 1 aliphatic carbocycles. The van der Waals surface area contributed by atoms with Crippen LogP contribution in [-0.2, 0) is 0 Å². The van der Waals surface area contributed by atoms with E-state index in [1.807, 2.05) is 0 Å². The Balaban J connectivity index is 1.90. The summed E-state index contributed by atoms with van der Waals surface area (Å²) >= 11 is 0. The van der Waals surface area contributed by atoms with Gasteiger partial charge in [-0.25, -0.2) is 0 Å². The lowest BCUT2D eigenvalue weighted by molar-refractivity contribution is 0.257. The van der Waals surface area contributed by atoms with Gasteiger partial charge in [0.2, 0.25) is 0 Å². The first-order valence-electron chi connectivity index (χ1n) is 5.90. The van der Waals surface area contributed by atoms with Gasteiger partial charge in [-0.05, 0) is 32.9 Å². The largest absolute Gasteiger partial charge is 0.366 e. The highest BCUT2D eigenvalue weighted by Crippen LogP contribution is 2.26. The zero-order valence-corrected chi connectivity index (χ0v) is 10.2. The van der Waals surface area contributed by atoms with Gasteiger partial charge in [0.1, 0.15) is 6.07 Å². The summed E-state index contributed by atoms with van der Waals surface area (Å²) in [6, 6.07) is 4.94. The van der Waals surface area contributed by atoms with E-state index in [4.69, 9.17) is 5.26 Å². The van der Waals surface area contributed by atoms with Gasteiger partial charge in [-0.1, -0.05) is 0 Å². The molecule has 5 nitrogen and oxygen atoms in total. The molecule has 0 radical (unpaired) electrons. The van der Waals surface area contributed by atoms with Gasteiger partial charge in [0, 0.05) is 18.6 Å². The van der Waals surface area contributed by atoms with E-state index in [0.717, 1.165) is 12.6 Å². The SMILES string of the molecule is CC(CNc1nnccc1C#N)N(C)C1CC1. The Morgan fingerprint density at radius 2 is 2.41 bits per heavy atom. The summed E-state index contributed by atoms with van der Waals surface area (Å²) in [5.74, 6) is 0.575. The summed E-state index contributed by atoms with van der Waals surface area (Å²) in [6.07, 6.45) is 4.13. The Hall–Kier alpha value is -1.67. The third-order valence-corrected chi connectivity index (χ3v) is 3.22. The van der Waals surface area contributed by atoms with E-state index in [0.29, 0.717) is 17.4 Å². The maximum atomic E-state index is 8.92. The molecule has 1 aromatic rings. The average molecular weight is 231 g/mol. The molecule has 90 valence electrons. The highest BCUT2D eigenvalue weighted by molar-refractivity contribution is 5.50. The van der Waals surface area contributed by atoms with Crippen molar-refractivity contribution < 1.29 is 0 Å². The molecule has 1 heterocycles. The van der Waals surface area contributed by atoms with Crippen LogP contribution in [0.15, 0.2) is 12.3 Å². The smallest absolute Gasteiger partial charge is 0.166 e. The topological polar surface area (TPSA) is 64.8 Å².